The highest BCUT2D eigenvalue weighted by Crippen LogP contribution is 2.21. The number of carbonyl (C=O) groups is 3. The number of amides is 4. The molecule has 0 aliphatic rings. The van der Waals surface area contributed by atoms with Gasteiger partial charge in [-0.25, -0.2) is 4.79 Å². The van der Waals surface area contributed by atoms with E-state index in [2.05, 4.69) is 16.0 Å². The summed E-state index contributed by atoms with van der Waals surface area (Å²) in [4.78, 5) is 35.0. The van der Waals surface area contributed by atoms with Crippen molar-refractivity contribution in [3.8, 4) is 0 Å². The minimum Gasteiger partial charge on any atom is -0.351 e. The standard InChI is InChI=1S/C19H22N4O3/c1-11-8-12(2)17(13(3)9-11)23-16(24)10-21-18(25)14-4-6-15(7-5-14)22-19(20)26/h4-9H,10H2,1-3H3,(H,21,25)(H,23,24)(H3,20,22,26). The maximum Gasteiger partial charge on any atom is 0.316 e. The van der Waals surface area contributed by atoms with Crippen LogP contribution in [0, 0.1) is 20.8 Å². The van der Waals surface area contributed by atoms with Gasteiger partial charge in [-0.3, -0.25) is 9.59 Å². The number of primary amides is 1. The van der Waals surface area contributed by atoms with Crippen LogP contribution in [0.2, 0.25) is 0 Å². The summed E-state index contributed by atoms with van der Waals surface area (Å²) in [7, 11) is 0. The second kappa shape index (κ2) is 8.15. The van der Waals surface area contributed by atoms with Gasteiger partial charge in [0.25, 0.3) is 5.91 Å². The summed E-state index contributed by atoms with van der Waals surface area (Å²) >= 11 is 0. The Bertz CT molecular complexity index is 821. The molecule has 5 N–H and O–H groups in total. The van der Waals surface area contributed by atoms with Crippen molar-refractivity contribution in [2.75, 3.05) is 17.2 Å². The van der Waals surface area contributed by atoms with Gasteiger partial charge in [0.2, 0.25) is 5.91 Å². The zero-order valence-electron chi connectivity index (χ0n) is 15.0. The lowest BCUT2D eigenvalue weighted by molar-refractivity contribution is -0.115. The van der Waals surface area contributed by atoms with Gasteiger partial charge in [-0.2, -0.15) is 0 Å². The molecule has 0 atom stereocenters. The lowest BCUT2D eigenvalue weighted by atomic mass is 10.1. The van der Waals surface area contributed by atoms with Gasteiger partial charge in [0.15, 0.2) is 0 Å². The Balaban J connectivity index is 1.93. The number of rotatable bonds is 5. The van der Waals surface area contributed by atoms with Crippen molar-refractivity contribution in [2.45, 2.75) is 20.8 Å². The normalized spacial score (nSPS) is 10.1. The van der Waals surface area contributed by atoms with Gasteiger partial charge in [0, 0.05) is 16.9 Å². The van der Waals surface area contributed by atoms with Crippen molar-refractivity contribution in [3.63, 3.8) is 0 Å². The molecule has 0 unspecified atom stereocenters. The topological polar surface area (TPSA) is 113 Å². The van der Waals surface area contributed by atoms with Crippen molar-refractivity contribution in [3.05, 3.63) is 58.7 Å². The smallest absolute Gasteiger partial charge is 0.316 e. The number of anilines is 2. The van der Waals surface area contributed by atoms with Crippen molar-refractivity contribution < 1.29 is 14.4 Å². The molecular formula is C19H22N4O3. The van der Waals surface area contributed by atoms with Gasteiger partial charge in [-0.05, 0) is 56.2 Å². The second-order valence-corrected chi connectivity index (χ2v) is 6.07. The first kappa shape index (κ1) is 19.0. The molecule has 2 aromatic carbocycles. The third kappa shape index (κ3) is 5.07. The fourth-order valence-electron chi connectivity index (χ4n) is 2.67. The van der Waals surface area contributed by atoms with Gasteiger partial charge in [-0.1, -0.05) is 17.7 Å². The lowest BCUT2D eigenvalue weighted by Crippen LogP contribution is -2.33. The van der Waals surface area contributed by atoms with E-state index >= 15 is 0 Å². The van der Waals surface area contributed by atoms with Crippen molar-refractivity contribution >= 4 is 29.2 Å². The highest BCUT2D eigenvalue weighted by atomic mass is 16.2. The van der Waals surface area contributed by atoms with Crippen molar-refractivity contribution in [1.82, 2.24) is 5.32 Å². The van der Waals surface area contributed by atoms with Crippen LogP contribution >= 0.6 is 0 Å². The molecule has 0 fully saturated rings. The minimum absolute atomic E-state index is 0.146. The van der Waals surface area contributed by atoms with Crippen molar-refractivity contribution in [2.24, 2.45) is 5.73 Å². The Hall–Kier alpha value is -3.35. The fourth-order valence-corrected chi connectivity index (χ4v) is 2.67. The van der Waals surface area contributed by atoms with Crippen LogP contribution in [0.4, 0.5) is 16.2 Å². The number of nitrogens with two attached hydrogens (primary N) is 1. The highest BCUT2D eigenvalue weighted by molar-refractivity contribution is 6.00. The Kier molecular flexibility index (Phi) is 5.95. The van der Waals surface area contributed by atoms with E-state index in [1.54, 1.807) is 12.1 Å². The van der Waals surface area contributed by atoms with Gasteiger partial charge >= 0.3 is 6.03 Å². The van der Waals surface area contributed by atoms with E-state index in [9.17, 15) is 14.4 Å². The number of hydrogen-bond acceptors (Lipinski definition) is 3. The molecule has 0 bridgehead atoms. The molecule has 2 rings (SSSR count). The van der Waals surface area contributed by atoms with Crippen molar-refractivity contribution in [1.29, 1.82) is 0 Å². The molecule has 0 saturated carbocycles. The summed E-state index contributed by atoms with van der Waals surface area (Å²) < 4.78 is 0. The molecule has 0 aliphatic heterocycles. The molecule has 4 amide bonds. The monoisotopic (exact) mass is 354 g/mol. The Morgan fingerprint density at radius 3 is 2.04 bits per heavy atom. The maximum atomic E-state index is 12.1. The SMILES string of the molecule is Cc1cc(C)c(NC(=O)CNC(=O)c2ccc(NC(N)=O)cc2)c(C)c1. The van der Waals surface area contributed by atoms with E-state index in [0.29, 0.717) is 11.3 Å². The molecule has 136 valence electrons. The van der Waals surface area contributed by atoms with Crippen LogP contribution < -0.4 is 21.7 Å². The molecule has 0 aliphatic carbocycles. The molecule has 2 aromatic rings. The number of hydrogen-bond donors (Lipinski definition) is 4. The van der Waals surface area contributed by atoms with E-state index < -0.39 is 6.03 Å². The zero-order chi connectivity index (χ0) is 19.3. The van der Waals surface area contributed by atoms with E-state index in [0.717, 1.165) is 22.4 Å². The third-order valence-corrected chi connectivity index (χ3v) is 3.77. The summed E-state index contributed by atoms with van der Waals surface area (Å²) in [5.74, 6) is -0.691. The number of benzene rings is 2. The zero-order valence-corrected chi connectivity index (χ0v) is 15.0. The third-order valence-electron chi connectivity index (χ3n) is 3.77. The van der Waals surface area contributed by atoms with Crippen LogP contribution in [-0.2, 0) is 4.79 Å². The molecule has 7 heteroatoms. The first-order valence-electron chi connectivity index (χ1n) is 8.08. The van der Waals surface area contributed by atoms with Gasteiger partial charge in [0.05, 0.1) is 6.54 Å². The first-order chi connectivity index (χ1) is 12.3. The molecule has 7 nitrogen and oxygen atoms in total. The van der Waals surface area contributed by atoms with Crippen LogP contribution in [0.15, 0.2) is 36.4 Å². The van der Waals surface area contributed by atoms with Crippen LogP contribution in [0.3, 0.4) is 0 Å². The summed E-state index contributed by atoms with van der Waals surface area (Å²) in [6.45, 7) is 5.70. The predicted molar refractivity (Wildman–Crippen MR) is 101 cm³/mol. The summed E-state index contributed by atoms with van der Waals surface area (Å²) in [5.41, 5.74) is 9.71. The second-order valence-electron chi connectivity index (χ2n) is 6.07. The molecule has 0 spiro atoms. The fraction of sp³-hybridized carbons (Fsp3) is 0.211. The van der Waals surface area contributed by atoms with E-state index in [-0.39, 0.29) is 18.4 Å². The number of urea groups is 1. The van der Waals surface area contributed by atoms with Gasteiger partial charge < -0.3 is 21.7 Å². The summed E-state index contributed by atoms with van der Waals surface area (Å²) in [6, 6.07) is 9.48. The molecule has 0 aromatic heterocycles. The molecule has 26 heavy (non-hydrogen) atoms. The van der Waals surface area contributed by atoms with Crippen LogP contribution in [0.5, 0.6) is 0 Å². The summed E-state index contributed by atoms with van der Waals surface area (Å²) in [6.07, 6.45) is 0. The molecular weight excluding hydrogens is 332 g/mol. The van der Waals surface area contributed by atoms with E-state index in [1.807, 2.05) is 32.9 Å². The summed E-state index contributed by atoms with van der Waals surface area (Å²) in [5, 5.41) is 7.80. The van der Waals surface area contributed by atoms with Gasteiger partial charge in [0.1, 0.15) is 0 Å². The maximum absolute atomic E-state index is 12.1. The molecule has 0 radical (unpaired) electrons. The Morgan fingerprint density at radius 1 is 0.923 bits per heavy atom. The Morgan fingerprint density at radius 2 is 1.50 bits per heavy atom. The number of aryl methyl sites for hydroxylation is 3. The van der Waals surface area contributed by atoms with Crippen LogP contribution in [-0.4, -0.2) is 24.4 Å². The largest absolute Gasteiger partial charge is 0.351 e. The predicted octanol–water partition coefficient (Wildman–Crippen LogP) is 2.47. The molecule has 0 saturated heterocycles. The van der Waals surface area contributed by atoms with Crippen LogP contribution in [0.25, 0.3) is 0 Å². The number of nitrogens with one attached hydrogen (secondary N) is 3. The quantitative estimate of drug-likeness (QED) is 0.661. The van der Waals surface area contributed by atoms with Gasteiger partial charge in [-0.15, -0.1) is 0 Å². The highest BCUT2D eigenvalue weighted by Gasteiger charge is 2.11. The van der Waals surface area contributed by atoms with E-state index in [1.165, 1.54) is 12.1 Å². The average Bonchev–Trinajstić information content (AvgIpc) is 2.56. The Labute approximate surface area is 152 Å². The van der Waals surface area contributed by atoms with Crippen LogP contribution in [0.1, 0.15) is 27.0 Å². The number of carbonyl (C=O) groups excluding carboxylic acids is 3. The van der Waals surface area contributed by atoms with E-state index in [4.69, 9.17) is 5.73 Å². The average molecular weight is 354 g/mol. The minimum atomic E-state index is -0.680. The first-order valence-corrected chi connectivity index (χ1v) is 8.08. The molecule has 0 heterocycles. The lowest BCUT2D eigenvalue weighted by Gasteiger charge is -2.13.